The average Bonchev–Trinajstić information content (AvgIpc) is 2.84. The number of rotatable bonds is 2. The fourth-order valence-electron chi connectivity index (χ4n) is 1.96. The van der Waals surface area contributed by atoms with Gasteiger partial charge in [0.05, 0.1) is 17.3 Å². The fourth-order valence-corrected chi connectivity index (χ4v) is 2.95. The summed E-state index contributed by atoms with van der Waals surface area (Å²) in [6.45, 7) is 2.01. The number of hydrogen-bond donors (Lipinski definition) is 1. The molecule has 3 aromatic rings. The Morgan fingerprint density at radius 1 is 1.16 bits per heavy atom. The maximum atomic E-state index is 5.85. The van der Waals surface area contributed by atoms with Crippen molar-refractivity contribution in [3.63, 3.8) is 0 Å². The number of methoxy groups -OCH3 is 1. The van der Waals surface area contributed by atoms with Gasteiger partial charge in [-0.1, -0.05) is 0 Å². The summed E-state index contributed by atoms with van der Waals surface area (Å²) in [7, 11) is 1.67. The maximum Gasteiger partial charge on any atom is 0.124 e. The second kappa shape index (κ2) is 4.55. The zero-order valence-corrected chi connectivity index (χ0v) is 11.6. The third kappa shape index (κ3) is 2.15. The first kappa shape index (κ1) is 12.0. The Balaban J connectivity index is 2.11. The van der Waals surface area contributed by atoms with Crippen LogP contribution in [0.2, 0.25) is 0 Å². The van der Waals surface area contributed by atoms with Gasteiger partial charge in [0, 0.05) is 11.3 Å². The van der Waals surface area contributed by atoms with E-state index in [-0.39, 0.29) is 0 Å². The zero-order valence-electron chi connectivity index (χ0n) is 10.8. The highest BCUT2D eigenvalue weighted by Gasteiger charge is 2.08. The van der Waals surface area contributed by atoms with E-state index < -0.39 is 0 Å². The van der Waals surface area contributed by atoms with E-state index in [1.165, 1.54) is 0 Å². The SMILES string of the molecule is COc1ccc2nc(-c3ccc(N)c(C)c3)sc2c1. The van der Waals surface area contributed by atoms with Crippen LogP contribution < -0.4 is 10.5 Å². The molecule has 0 fully saturated rings. The molecule has 0 aliphatic heterocycles. The third-order valence-corrected chi connectivity index (χ3v) is 4.18. The molecule has 0 saturated heterocycles. The first-order valence-corrected chi connectivity index (χ1v) is 6.80. The van der Waals surface area contributed by atoms with E-state index in [1.54, 1.807) is 18.4 Å². The van der Waals surface area contributed by atoms with Crippen molar-refractivity contribution in [2.75, 3.05) is 12.8 Å². The van der Waals surface area contributed by atoms with E-state index in [0.717, 1.165) is 37.8 Å². The summed E-state index contributed by atoms with van der Waals surface area (Å²) >= 11 is 1.66. The molecule has 4 heteroatoms. The molecule has 2 aromatic carbocycles. The predicted molar refractivity (Wildman–Crippen MR) is 80.8 cm³/mol. The highest BCUT2D eigenvalue weighted by molar-refractivity contribution is 7.21. The van der Waals surface area contributed by atoms with Gasteiger partial charge >= 0.3 is 0 Å². The number of nitrogen functional groups attached to an aromatic ring is 1. The Morgan fingerprint density at radius 3 is 2.74 bits per heavy atom. The standard InChI is InChI=1S/C15H14N2OS/c1-9-7-10(3-5-12(9)16)15-17-13-6-4-11(18-2)8-14(13)19-15/h3-8H,16H2,1-2H3. The van der Waals surface area contributed by atoms with Gasteiger partial charge in [-0.15, -0.1) is 11.3 Å². The van der Waals surface area contributed by atoms with Crippen LogP contribution in [-0.2, 0) is 0 Å². The van der Waals surface area contributed by atoms with Crippen LogP contribution in [0.15, 0.2) is 36.4 Å². The number of aryl methyl sites for hydroxylation is 1. The number of aromatic nitrogens is 1. The lowest BCUT2D eigenvalue weighted by atomic mass is 10.1. The second-order valence-corrected chi connectivity index (χ2v) is 5.45. The Bertz CT molecular complexity index is 749. The lowest BCUT2D eigenvalue weighted by Crippen LogP contribution is -1.89. The summed E-state index contributed by atoms with van der Waals surface area (Å²) in [6, 6.07) is 11.9. The highest BCUT2D eigenvalue weighted by atomic mass is 32.1. The molecule has 0 bridgehead atoms. The summed E-state index contributed by atoms with van der Waals surface area (Å²) in [4.78, 5) is 4.65. The molecule has 0 amide bonds. The van der Waals surface area contributed by atoms with Gasteiger partial charge in [0.2, 0.25) is 0 Å². The Kier molecular flexibility index (Phi) is 2.87. The first-order valence-electron chi connectivity index (χ1n) is 5.98. The highest BCUT2D eigenvalue weighted by Crippen LogP contribution is 2.33. The molecule has 2 N–H and O–H groups in total. The Hall–Kier alpha value is -2.07. The predicted octanol–water partition coefficient (Wildman–Crippen LogP) is 3.86. The summed E-state index contributed by atoms with van der Waals surface area (Å²) in [6.07, 6.45) is 0. The van der Waals surface area contributed by atoms with Crippen LogP contribution in [0.1, 0.15) is 5.56 Å². The number of thiazole rings is 1. The van der Waals surface area contributed by atoms with E-state index in [2.05, 4.69) is 11.1 Å². The van der Waals surface area contributed by atoms with Gasteiger partial charge in [0.1, 0.15) is 10.8 Å². The van der Waals surface area contributed by atoms with Crippen molar-refractivity contribution >= 4 is 27.2 Å². The van der Waals surface area contributed by atoms with E-state index in [9.17, 15) is 0 Å². The van der Waals surface area contributed by atoms with Crippen LogP contribution >= 0.6 is 11.3 Å². The maximum absolute atomic E-state index is 5.85. The van der Waals surface area contributed by atoms with Gasteiger partial charge in [0.25, 0.3) is 0 Å². The van der Waals surface area contributed by atoms with E-state index in [0.29, 0.717) is 0 Å². The minimum atomic E-state index is 0.812. The largest absolute Gasteiger partial charge is 0.497 e. The molecule has 0 unspecified atom stereocenters. The average molecular weight is 270 g/mol. The van der Waals surface area contributed by atoms with Gasteiger partial charge in [-0.05, 0) is 48.9 Å². The smallest absolute Gasteiger partial charge is 0.124 e. The van der Waals surface area contributed by atoms with Crippen LogP contribution in [0.5, 0.6) is 5.75 Å². The number of nitrogens with zero attached hydrogens (tertiary/aromatic N) is 1. The van der Waals surface area contributed by atoms with Crippen LogP contribution in [-0.4, -0.2) is 12.1 Å². The van der Waals surface area contributed by atoms with Crippen LogP contribution in [0.4, 0.5) is 5.69 Å². The normalized spacial score (nSPS) is 10.8. The molecule has 0 saturated carbocycles. The van der Waals surface area contributed by atoms with Gasteiger partial charge in [-0.2, -0.15) is 0 Å². The quantitative estimate of drug-likeness (QED) is 0.719. The number of fused-ring (bicyclic) bond motifs is 1. The lowest BCUT2D eigenvalue weighted by molar-refractivity contribution is 0.415. The van der Waals surface area contributed by atoms with Gasteiger partial charge in [-0.25, -0.2) is 4.98 Å². The molecule has 0 aliphatic rings. The molecule has 1 heterocycles. The van der Waals surface area contributed by atoms with Crippen molar-refractivity contribution in [1.82, 2.24) is 4.98 Å². The first-order chi connectivity index (χ1) is 9.17. The summed E-state index contributed by atoms with van der Waals surface area (Å²) in [5.41, 5.74) is 9.84. The number of ether oxygens (including phenoxy) is 1. The molecule has 3 rings (SSSR count). The van der Waals surface area contributed by atoms with Crippen molar-refractivity contribution in [3.05, 3.63) is 42.0 Å². The molecule has 3 nitrogen and oxygen atoms in total. The minimum Gasteiger partial charge on any atom is -0.497 e. The van der Waals surface area contributed by atoms with E-state index >= 15 is 0 Å². The van der Waals surface area contributed by atoms with Crippen molar-refractivity contribution < 1.29 is 4.74 Å². The van der Waals surface area contributed by atoms with Gasteiger partial charge in [-0.3, -0.25) is 0 Å². The van der Waals surface area contributed by atoms with E-state index in [1.807, 2.05) is 37.3 Å². The van der Waals surface area contributed by atoms with Crippen molar-refractivity contribution in [1.29, 1.82) is 0 Å². The Morgan fingerprint density at radius 2 is 2.00 bits per heavy atom. The second-order valence-electron chi connectivity index (χ2n) is 4.42. The van der Waals surface area contributed by atoms with Crippen molar-refractivity contribution in [2.24, 2.45) is 0 Å². The van der Waals surface area contributed by atoms with Gasteiger partial charge < -0.3 is 10.5 Å². The monoisotopic (exact) mass is 270 g/mol. The minimum absolute atomic E-state index is 0.812. The molecule has 96 valence electrons. The molecular formula is C15H14N2OS. The molecule has 0 aliphatic carbocycles. The van der Waals surface area contributed by atoms with Crippen LogP contribution in [0.25, 0.3) is 20.8 Å². The molecular weight excluding hydrogens is 256 g/mol. The summed E-state index contributed by atoms with van der Waals surface area (Å²) < 4.78 is 6.36. The lowest BCUT2D eigenvalue weighted by Gasteiger charge is -2.01. The molecule has 1 aromatic heterocycles. The Labute approximate surface area is 115 Å². The topological polar surface area (TPSA) is 48.1 Å². The van der Waals surface area contributed by atoms with Crippen molar-refractivity contribution in [2.45, 2.75) is 6.92 Å². The molecule has 0 spiro atoms. The van der Waals surface area contributed by atoms with Crippen LogP contribution in [0, 0.1) is 6.92 Å². The third-order valence-electron chi connectivity index (χ3n) is 3.11. The van der Waals surface area contributed by atoms with Gasteiger partial charge in [0.15, 0.2) is 0 Å². The summed E-state index contributed by atoms with van der Waals surface area (Å²) in [5, 5.41) is 1.01. The van der Waals surface area contributed by atoms with E-state index in [4.69, 9.17) is 10.5 Å². The number of anilines is 1. The summed E-state index contributed by atoms with van der Waals surface area (Å²) in [5.74, 6) is 0.858. The van der Waals surface area contributed by atoms with Crippen molar-refractivity contribution in [3.8, 4) is 16.3 Å². The number of hydrogen-bond acceptors (Lipinski definition) is 4. The number of benzene rings is 2. The molecule has 0 radical (unpaired) electrons. The van der Waals surface area contributed by atoms with Crippen LogP contribution in [0.3, 0.4) is 0 Å². The molecule has 0 atom stereocenters. The molecule has 19 heavy (non-hydrogen) atoms. The number of nitrogens with two attached hydrogens (primary N) is 1. The fraction of sp³-hybridized carbons (Fsp3) is 0.133. The zero-order chi connectivity index (χ0) is 13.4.